The summed E-state index contributed by atoms with van der Waals surface area (Å²) in [6, 6.07) is 13.1. The van der Waals surface area contributed by atoms with Crippen LogP contribution in [0.1, 0.15) is 17.0 Å². The Bertz CT molecular complexity index is 943. The number of hydrogen-bond donors (Lipinski definition) is 0. The lowest BCUT2D eigenvalue weighted by Crippen LogP contribution is -1.97. The molecule has 26 heavy (non-hydrogen) atoms. The Morgan fingerprint density at radius 3 is 2.81 bits per heavy atom. The van der Waals surface area contributed by atoms with Gasteiger partial charge in [-0.15, -0.1) is 10.2 Å². The van der Waals surface area contributed by atoms with Gasteiger partial charge in [0.1, 0.15) is 5.75 Å². The van der Waals surface area contributed by atoms with Crippen molar-refractivity contribution in [3.8, 4) is 5.75 Å². The van der Waals surface area contributed by atoms with Gasteiger partial charge in [0.05, 0.1) is 13.3 Å². The third-order valence-corrected chi connectivity index (χ3v) is 5.11. The molecule has 0 fully saturated rings. The van der Waals surface area contributed by atoms with Crippen molar-refractivity contribution in [3.63, 3.8) is 0 Å². The summed E-state index contributed by atoms with van der Waals surface area (Å²) >= 11 is 13.7. The maximum absolute atomic E-state index is 6.23. The maximum atomic E-state index is 6.23. The molecule has 0 aliphatic heterocycles. The second kappa shape index (κ2) is 8.58. The fraction of sp³-hybridized carbons (Fsp3) is 0.167. The Morgan fingerprint density at radius 2 is 2.04 bits per heavy atom. The first-order valence-electron chi connectivity index (χ1n) is 7.74. The zero-order chi connectivity index (χ0) is 18.5. The molecule has 5 nitrogen and oxygen atoms in total. The summed E-state index contributed by atoms with van der Waals surface area (Å²) in [4.78, 5) is 0. The number of ether oxygens (including phenoxy) is 1. The lowest BCUT2D eigenvalue weighted by atomic mass is 10.2. The van der Waals surface area contributed by atoms with Crippen LogP contribution in [0.3, 0.4) is 0 Å². The van der Waals surface area contributed by atoms with Crippen molar-refractivity contribution in [2.24, 2.45) is 5.10 Å². The van der Waals surface area contributed by atoms with E-state index in [1.165, 1.54) is 11.8 Å². The number of methoxy groups -OCH3 is 1. The van der Waals surface area contributed by atoms with Crippen molar-refractivity contribution in [2.75, 3.05) is 7.11 Å². The first-order chi connectivity index (χ1) is 12.6. The summed E-state index contributed by atoms with van der Waals surface area (Å²) in [5.74, 6) is 2.12. The second-order valence-corrected chi connectivity index (χ2v) is 7.17. The number of nitrogens with zero attached hydrogens (tertiary/aromatic N) is 4. The summed E-state index contributed by atoms with van der Waals surface area (Å²) in [5.41, 5.74) is 1.90. The molecule has 0 saturated heterocycles. The number of hydrogen-bond acceptors (Lipinski definition) is 5. The van der Waals surface area contributed by atoms with E-state index in [2.05, 4.69) is 15.3 Å². The molecule has 0 spiro atoms. The minimum absolute atomic E-state index is 0.616. The quantitative estimate of drug-likeness (QED) is 0.423. The molecule has 0 unspecified atom stereocenters. The molecule has 0 saturated carbocycles. The minimum Gasteiger partial charge on any atom is -0.497 e. The Balaban J connectivity index is 1.77. The highest BCUT2D eigenvalue weighted by atomic mass is 35.5. The van der Waals surface area contributed by atoms with Gasteiger partial charge < -0.3 is 4.74 Å². The van der Waals surface area contributed by atoms with Crippen LogP contribution in [-0.4, -0.2) is 28.2 Å². The molecule has 3 rings (SSSR count). The monoisotopic (exact) mass is 406 g/mol. The molecule has 1 heterocycles. The molecule has 0 aliphatic rings. The SMILES string of the molecule is COc1cccc(/C=N/n2c(C)nnc2SCc2ccc(Cl)cc2Cl)c1. The topological polar surface area (TPSA) is 52.3 Å². The van der Waals surface area contributed by atoms with Gasteiger partial charge in [-0.2, -0.15) is 9.78 Å². The number of aryl methyl sites for hydroxylation is 1. The molecule has 0 bridgehead atoms. The molecule has 0 amide bonds. The van der Waals surface area contributed by atoms with Crippen LogP contribution in [-0.2, 0) is 5.75 Å². The van der Waals surface area contributed by atoms with E-state index in [4.69, 9.17) is 27.9 Å². The number of thioether (sulfide) groups is 1. The number of halogens is 2. The lowest BCUT2D eigenvalue weighted by Gasteiger charge is -2.05. The Morgan fingerprint density at radius 1 is 1.19 bits per heavy atom. The summed E-state index contributed by atoms with van der Waals surface area (Å²) in [5, 5.41) is 14.7. The van der Waals surface area contributed by atoms with Crippen LogP contribution >= 0.6 is 35.0 Å². The smallest absolute Gasteiger partial charge is 0.212 e. The average Bonchev–Trinajstić information content (AvgIpc) is 2.99. The number of aromatic nitrogens is 3. The van der Waals surface area contributed by atoms with Crippen LogP contribution in [0.25, 0.3) is 0 Å². The van der Waals surface area contributed by atoms with Crippen molar-refractivity contribution in [1.82, 2.24) is 14.9 Å². The first kappa shape index (κ1) is 18.8. The molecule has 134 valence electrons. The molecular formula is C18H16Cl2N4OS. The molecular weight excluding hydrogens is 391 g/mol. The summed E-state index contributed by atoms with van der Waals surface area (Å²) in [7, 11) is 1.64. The van der Waals surface area contributed by atoms with Gasteiger partial charge >= 0.3 is 0 Å². The zero-order valence-electron chi connectivity index (χ0n) is 14.2. The fourth-order valence-corrected chi connectivity index (χ4v) is 3.68. The van der Waals surface area contributed by atoms with E-state index in [0.29, 0.717) is 26.8 Å². The number of rotatable bonds is 6. The van der Waals surface area contributed by atoms with E-state index < -0.39 is 0 Å². The van der Waals surface area contributed by atoms with E-state index in [9.17, 15) is 0 Å². The number of benzene rings is 2. The third-order valence-electron chi connectivity index (χ3n) is 3.56. The standard InChI is InChI=1S/C18H16Cl2N4OS/c1-12-22-23-18(26-11-14-6-7-15(19)9-17(14)20)24(12)21-10-13-4-3-5-16(8-13)25-2/h3-10H,11H2,1-2H3/b21-10+. The van der Waals surface area contributed by atoms with E-state index in [1.807, 2.05) is 43.3 Å². The second-order valence-electron chi connectivity index (χ2n) is 5.39. The molecule has 0 radical (unpaired) electrons. The highest BCUT2D eigenvalue weighted by Crippen LogP contribution is 2.28. The van der Waals surface area contributed by atoms with Crippen LogP contribution in [0.2, 0.25) is 10.0 Å². The van der Waals surface area contributed by atoms with Crippen LogP contribution in [0.4, 0.5) is 0 Å². The normalized spacial score (nSPS) is 11.2. The van der Waals surface area contributed by atoms with Crippen molar-refractivity contribution < 1.29 is 4.74 Å². The molecule has 2 aromatic carbocycles. The zero-order valence-corrected chi connectivity index (χ0v) is 16.5. The lowest BCUT2D eigenvalue weighted by molar-refractivity contribution is 0.414. The molecule has 0 atom stereocenters. The van der Waals surface area contributed by atoms with Crippen molar-refractivity contribution in [1.29, 1.82) is 0 Å². The summed E-state index contributed by atoms with van der Waals surface area (Å²) in [6.07, 6.45) is 1.75. The van der Waals surface area contributed by atoms with Crippen LogP contribution in [0.15, 0.2) is 52.7 Å². The summed E-state index contributed by atoms with van der Waals surface area (Å²) < 4.78 is 6.93. The van der Waals surface area contributed by atoms with Gasteiger partial charge in [-0.3, -0.25) is 0 Å². The predicted molar refractivity (Wildman–Crippen MR) is 107 cm³/mol. The van der Waals surface area contributed by atoms with Gasteiger partial charge in [-0.1, -0.05) is 53.2 Å². The summed E-state index contributed by atoms with van der Waals surface area (Å²) in [6.45, 7) is 1.86. The van der Waals surface area contributed by atoms with Gasteiger partial charge in [-0.05, 0) is 42.3 Å². The highest BCUT2D eigenvalue weighted by Gasteiger charge is 2.10. The van der Waals surface area contributed by atoms with Crippen LogP contribution in [0.5, 0.6) is 5.75 Å². The Labute approximate surface area is 166 Å². The maximum Gasteiger partial charge on any atom is 0.212 e. The molecule has 0 N–H and O–H groups in total. The average molecular weight is 407 g/mol. The first-order valence-corrected chi connectivity index (χ1v) is 9.48. The van der Waals surface area contributed by atoms with Gasteiger partial charge in [0.2, 0.25) is 5.16 Å². The molecule has 3 aromatic rings. The van der Waals surface area contributed by atoms with E-state index in [0.717, 1.165) is 16.9 Å². The third kappa shape index (κ3) is 4.58. The van der Waals surface area contributed by atoms with E-state index in [-0.39, 0.29) is 0 Å². The molecule has 8 heteroatoms. The Hall–Kier alpha value is -2.02. The van der Waals surface area contributed by atoms with Gasteiger partial charge in [0.25, 0.3) is 0 Å². The van der Waals surface area contributed by atoms with Crippen LogP contribution < -0.4 is 4.74 Å². The van der Waals surface area contributed by atoms with Crippen molar-refractivity contribution >= 4 is 41.2 Å². The van der Waals surface area contributed by atoms with Crippen LogP contribution in [0, 0.1) is 6.92 Å². The minimum atomic E-state index is 0.616. The van der Waals surface area contributed by atoms with E-state index in [1.54, 1.807) is 24.1 Å². The predicted octanol–water partition coefficient (Wildman–Crippen LogP) is 5.08. The van der Waals surface area contributed by atoms with E-state index >= 15 is 0 Å². The van der Waals surface area contributed by atoms with Gasteiger partial charge in [-0.25, -0.2) is 0 Å². The largest absolute Gasteiger partial charge is 0.497 e. The Kier molecular flexibility index (Phi) is 6.19. The van der Waals surface area contributed by atoms with Gasteiger partial charge in [0.15, 0.2) is 5.82 Å². The molecule has 1 aromatic heterocycles. The molecule has 0 aliphatic carbocycles. The van der Waals surface area contributed by atoms with Crippen molar-refractivity contribution in [3.05, 3.63) is 69.5 Å². The highest BCUT2D eigenvalue weighted by molar-refractivity contribution is 7.98. The van der Waals surface area contributed by atoms with Crippen molar-refractivity contribution in [2.45, 2.75) is 17.8 Å². The van der Waals surface area contributed by atoms with Gasteiger partial charge in [0, 0.05) is 15.8 Å². The fourth-order valence-electron chi connectivity index (χ4n) is 2.19.